The Kier molecular flexibility index (Phi) is 9.85. The van der Waals surface area contributed by atoms with Gasteiger partial charge >= 0.3 is 10.1 Å². The van der Waals surface area contributed by atoms with E-state index in [4.69, 9.17) is 23.4 Å². The summed E-state index contributed by atoms with van der Waals surface area (Å²) in [5.74, 6) is 0.682. The SMILES string of the molecule is CCC(Oc1ccc2ccc(-c3ccc(N(CC)CC)cc3)nc2c1)OS(=O)(=O)c1ccc(C)cc1OC1CCCCO1. The minimum atomic E-state index is -4.21. The van der Waals surface area contributed by atoms with Gasteiger partial charge in [0, 0.05) is 48.6 Å². The largest absolute Gasteiger partial charge is 0.464 e. The molecule has 1 aliphatic heterocycles. The minimum Gasteiger partial charge on any atom is -0.464 e. The Morgan fingerprint density at radius 3 is 2.42 bits per heavy atom. The molecule has 0 spiro atoms. The van der Waals surface area contributed by atoms with Gasteiger partial charge in [-0.1, -0.05) is 31.2 Å². The van der Waals surface area contributed by atoms with Crippen molar-refractivity contribution in [3.8, 4) is 22.8 Å². The van der Waals surface area contributed by atoms with Crippen LogP contribution < -0.4 is 14.4 Å². The molecule has 0 N–H and O–H groups in total. The number of nitrogens with zero attached hydrogens (tertiary/aromatic N) is 2. The zero-order valence-electron chi connectivity index (χ0n) is 25.3. The number of hydrogen-bond acceptors (Lipinski definition) is 8. The summed E-state index contributed by atoms with van der Waals surface area (Å²) in [7, 11) is -4.21. The van der Waals surface area contributed by atoms with Crippen LogP contribution in [0.25, 0.3) is 22.2 Å². The van der Waals surface area contributed by atoms with E-state index in [9.17, 15) is 8.42 Å². The third-order valence-corrected chi connectivity index (χ3v) is 8.90. The molecule has 2 atom stereocenters. The van der Waals surface area contributed by atoms with Crippen molar-refractivity contribution < 1.29 is 26.8 Å². The fourth-order valence-corrected chi connectivity index (χ4v) is 6.29. The Morgan fingerprint density at radius 2 is 1.72 bits per heavy atom. The Bertz CT molecular complexity index is 1630. The van der Waals surface area contributed by atoms with E-state index in [1.165, 1.54) is 11.8 Å². The van der Waals surface area contributed by atoms with Crippen molar-refractivity contribution in [3.05, 3.63) is 78.4 Å². The normalized spacial score (nSPS) is 16.1. The molecule has 1 saturated heterocycles. The van der Waals surface area contributed by atoms with Gasteiger partial charge in [0.15, 0.2) is 6.29 Å². The topological polar surface area (TPSA) is 87.2 Å². The van der Waals surface area contributed by atoms with Crippen molar-refractivity contribution in [2.45, 2.75) is 70.9 Å². The average Bonchev–Trinajstić information content (AvgIpc) is 3.01. The van der Waals surface area contributed by atoms with E-state index in [0.29, 0.717) is 25.2 Å². The maximum atomic E-state index is 13.4. The summed E-state index contributed by atoms with van der Waals surface area (Å²) < 4.78 is 50.2. The number of anilines is 1. The number of fused-ring (bicyclic) bond motifs is 1. The van der Waals surface area contributed by atoms with Gasteiger partial charge in [-0.15, -0.1) is 0 Å². The van der Waals surface area contributed by atoms with Crippen molar-refractivity contribution in [2.75, 3.05) is 24.6 Å². The van der Waals surface area contributed by atoms with E-state index in [0.717, 1.165) is 53.7 Å². The molecule has 3 aromatic carbocycles. The molecule has 43 heavy (non-hydrogen) atoms. The number of ether oxygens (including phenoxy) is 3. The molecule has 0 radical (unpaired) electrons. The van der Waals surface area contributed by atoms with E-state index >= 15 is 0 Å². The molecule has 4 aromatic rings. The van der Waals surface area contributed by atoms with Gasteiger partial charge in [-0.25, -0.2) is 9.17 Å². The monoisotopic (exact) mass is 604 g/mol. The molecule has 1 fully saturated rings. The van der Waals surface area contributed by atoms with E-state index in [1.807, 2.05) is 38.1 Å². The molecule has 1 aromatic heterocycles. The minimum absolute atomic E-state index is 0.0499. The fourth-order valence-electron chi connectivity index (χ4n) is 5.14. The first-order valence-corrected chi connectivity index (χ1v) is 16.5. The highest BCUT2D eigenvalue weighted by Gasteiger charge is 2.28. The van der Waals surface area contributed by atoms with Crippen molar-refractivity contribution in [2.24, 2.45) is 0 Å². The molecule has 0 bridgehead atoms. The summed E-state index contributed by atoms with van der Waals surface area (Å²) >= 11 is 0. The first-order chi connectivity index (χ1) is 20.8. The van der Waals surface area contributed by atoms with Crippen molar-refractivity contribution in [3.63, 3.8) is 0 Å². The molecule has 2 unspecified atom stereocenters. The lowest BCUT2D eigenvalue weighted by atomic mass is 10.1. The third-order valence-electron chi connectivity index (χ3n) is 7.55. The Balaban J connectivity index is 1.33. The molecule has 1 aliphatic rings. The smallest absolute Gasteiger partial charge is 0.303 e. The molecule has 5 rings (SSSR count). The average molecular weight is 605 g/mol. The van der Waals surface area contributed by atoms with Gasteiger partial charge in [0.2, 0.25) is 6.29 Å². The Morgan fingerprint density at radius 1 is 0.953 bits per heavy atom. The Labute approximate surface area is 254 Å². The number of aryl methyl sites for hydroxylation is 1. The van der Waals surface area contributed by atoms with Gasteiger partial charge < -0.3 is 19.1 Å². The third kappa shape index (κ3) is 7.47. The van der Waals surface area contributed by atoms with E-state index in [2.05, 4.69) is 43.0 Å². The molecule has 0 saturated carbocycles. The maximum Gasteiger partial charge on any atom is 0.303 e. The second kappa shape index (κ2) is 13.8. The molecular formula is C34H40N2O6S. The van der Waals surface area contributed by atoms with Gasteiger partial charge in [-0.3, -0.25) is 0 Å². The summed E-state index contributed by atoms with van der Waals surface area (Å²) in [6.07, 6.45) is 1.40. The molecule has 9 heteroatoms. The van der Waals surface area contributed by atoms with Crippen LogP contribution in [0.1, 0.15) is 52.0 Å². The van der Waals surface area contributed by atoms with E-state index in [1.54, 1.807) is 18.2 Å². The van der Waals surface area contributed by atoms with Crippen LogP contribution >= 0.6 is 0 Å². The van der Waals surface area contributed by atoms with Crippen molar-refractivity contribution in [1.29, 1.82) is 0 Å². The summed E-state index contributed by atoms with van der Waals surface area (Å²) in [6.45, 7) is 10.5. The number of hydrogen-bond donors (Lipinski definition) is 0. The van der Waals surface area contributed by atoms with E-state index < -0.39 is 22.7 Å². The second-order valence-electron chi connectivity index (χ2n) is 10.6. The summed E-state index contributed by atoms with van der Waals surface area (Å²) in [6, 6.07) is 22.8. The lowest BCUT2D eigenvalue weighted by molar-refractivity contribution is -0.107. The molecule has 228 valence electrons. The second-order valence-corrected chi connectivity index (χ2v) is 12.2. The zero-order chi connectivity index (χ0) is 30.4. The molecular weight excluding hydrogens is 564 g/mol. The van der Waals surface area contributed by atoms with Crippen LogP contribution in [0.15, 0.2) is 77.7 Å². The standard InChI is InChI=1S/C34H40N2O6S/c1-5-33(42-43(37,38)32-20-11-24(4)22-31(32)41-34-10-8-9-21-39-34)40-28-18-14-26-15-19-29(35-30(26)23-28)25-12-16-27(17-13-25)36(6-2)7-3/h11-20,22-23,33-34H,5-10,21H2,1-4H3. The number of benzene rings is 3. The van der Waals surface area contributed by atoms with Crippen molar-refractivity contribution in [1.82, 2.24) is 4.98 Å². The van der Waals surface area contributed by atoms with Gasteiger partial charge in [-0.2, -0.15) is 8.42 Å². The Hall–Kier alpha value is -3.66. The molecule has 2 heterocycles. The summed E-state index contributed by atoms with van der Waals surface area (Å²) in [5.41, 5.74) is 4.64. The number of rotatable bonds is 12. The fraction of sp³-hybridized carbons (Fsp3) is 0.382. The van der Waals surface area contributed by atoms with Crippen molar-refractivity contribution >= 4 is 26.7 Å². The van der Waals surface area contributed by atoms with Crippen LogP contribution in [0.2, 0.25) is 0 Å². The predicted octanol–water partition coefficient (Wildman–Crippen LogP) is 7.48. The molecule has 8 nitrogen and oxygen atoms in total. The van der Waals surface area contributed by atoms with Crippen LogP contribution in [0.4, 0.5) is 5.69 Å². The summed E-state index contributed by atoms with van der Waals surface area (Å²) in [5, 5.41) is 0.948. The molecule has 0 amide bonds. The van der Waals surface area contributed by atoms with Crippen LogP contribution in [0.5, 0.6) is 11.5 Å². The predicted molar refractivity (Wildman–Crippen MR) is 169 cm³/mol. The maximum absolute atomic E-state index is 13.4. The zero-order valence-corrected chi connectivity index (χ0v) is 26.1. The highest BCUT2D eigenvalue weighted by Crippen LogP contribution is 2.32. The number of aromatic nitrogens is 1. The van der Waals surface area contributed by atoms with Crippen LogP contribution in [0.3, 0.4) is 0 Å². The quantitative estimate of drug-likeness (QED) is 0.122. The van der Waals surface area contributed by atoms with Gasteiger partial charge in [0.05, 0.1) is 17.8 Å². The first-order valence-electron chi connectivity index (χ1n) is 15.0. The van der Waals surface area contributed by atoms with Gasteiger partial charge in [0.1, 0.15) is 16.4 Å². The number of pyridine rings is 1. The van der Waals surface area contributed by atoms with Crippen LogP contribution in [0, 0.1) is 6.92 Å². The highest BCUT2D eigenvalue weighted by atomic mass is 32.2. The lowest BCUT2D eigenvalue weighted by Crippen LogP contribution is -2.27. The van der Waals surface area contributed by atoms with Crippen LogP contribution in [-0.2, 0) is 19.0 Å². The van der Waals surface area contributed by atoms with E-state index in [-0.39, 0.29) is 10.6 Å². The van der Waals surface area contributed by atoms with Gasteiger partial charge in [0.25, 0.3) is 0 Å². The molecule has 0 aliphatic carbocycles. The lowest BCUT2D eigenvalue weighted by Gasteiger charge is -2.25. The summed E-state index contributed by atoms with van der Waals surface area (Å²) in [4.78, 5) is 7.12. The first kappa shape index (κ1) is 30.8. The highest BCUT2D eigenvalue weighted by molar-refractivity contribution is 7.86. The van der Waals surface area contributed by atoms with Gasteiger partial charge in [-0.05, 0) is 81.6 Å². The van der Waals surface area contributed by atoms with Crippen LogP contribution in [-0.4, -0.2) is 45.7 Å².